The molecule has 0 bridgehead atoms. The van der Waals surface area contributed by atoms with E-state index in [-0.39, 0.29) is 11.8 Å². The third kappa shape index (κ3) is 3.83. The number of nitrogens with zero attached hydrogens (tertiary/aromatic N) is 1. The monoisotopic (exact) mass is 289 g/mol. The second kappa shape index (κ2) is 7.05. The van der Waals surface area contributed by atoms with Crippen LogP contribution in [0.25, 0.3) is 0 Å². The number of hydrogen-bond acceptors (Lipinski definition) is 3. The Bertz CT molecular complexity index is 469. The maximum Gasteiger partial charge on any atom is 0.241 e. The summed E-state index contributed by atoms with van der Waals surface area (Å²) in [5, 5.41) is 0. The van der Waals surface area contributed by atoms with Crippen LogP contribution in [0.4, 0.5) is 0 Å². The summed E-state index contributed by atoms with van der Waals surface area (Å²) in [6.07, 6.45) is 2.61. The fourth-order valence-electron chi connectivity index (χ4n) is 3.23. The van der Waals surface area contributed by atoms with Crippen molar-refractivity contribution in [2.75, 3.05) is 6.54 Å². The number of rotatable bonds is 5. The van der Waals surface area contributed by atoms with Gasteiger partial charge in [-0.25, -0.2) is 5.84 Å². The summed E-state index contributed by atoms with van der Waals surface area (Å²) in [5.41, 5.74) is 4.52. The van der Waals surface area contributed by atoms with E-state index in [1.165, 1.54) is 24.9 Å². The van der Waals surface area contributed by atoms with E-state index >= 15 is 0 Å². The molecule has 116 valence electrons. The van der Waals surface area contributed by atoms with Gasteiger partial charge in [0.05, 0.1) is 5.92 Å². The number of amides is 1. The van der Waals surface area contributed by atoms with Crippen molar-refractivity contribution in [2.45, 2.75) is 52.1 Å². The highest BCUT2D eigenvalue weighted by atomic mass is 16.2. The van der Waals surface area contributed by atoms with Crippen molar-refractivity contribution in [3.8, 4) is 0 Å². The number of hydrazine groups is 1. The Morgan fingerprint density at radius 2 is 2.00 bits per heavy atom. The van der Waals surface area contributed by atoms with Gasteiger partial charge in [-0.15, -0.1) is 0 Å². The van der Waals surface area contributed by atoms with Gasteiger partial charge in [0, 0.05) is 12.6 Å². The van der Waals surface area contributed by atoms with Crippen LogP contribution in [-0.4, -0.2) is 23.4 Å². The number of carbonyl (C=O) groups is 1. The highest BCUT2D eigenvalue weighted by molar-refractivity contribution is 5.82. The topological polar surface area (TPSA) is 58.4 Å². The molecule has 2 atom stereocenters. The Morgan fingerprint density at radius 3 is 2.57 bits per heavy atom. The number of nitrogens with one attached hydrogen (secondary N) is 1. The number of hydrogen-bond donors (Lipinski definition) is 2. The van der Waals surface area contributed by atoms with Crippen molar-refractivity contribution < 1.29 is 4.79 Å². The van der Waals surface area contributed by atoms with E-state index in [0.29, 0.717) is 12.0 Å². The molecule has 0 aliphatic carbocycles. The highest BCUT2D eigenvalue weighted by Gasteiger charge is 2.26. The first-order valence-electron chi connectivity index (χ1n) is 7.86. The van der Waals surface area contributed by atoms with E-state index in [9.17, 15) is 4.79 Å². The van der Waals surface area contributed by atoms with E-state index in [2.05, 4.69) is 36.3 Å². The molecule has 4 nitrogen and oxygen atoms in total. The molecule has 1 fully saturated rings. The smallest absolute Gasteiger partial charge is 0.241 e. The molecule has 1 amide bonds. The highest BCUT2D eigenvalue weighted by Crippen LogP contribution is 2.26. The second-order valence-electron chi connectivity index (χ2n) is 6.40. The molecule has 0 aromatic heterocycles. The minimum atomic E-state index is -0.209. The van der Waals surface area contributed by atoms with Gasteiger partial charge in [-0.3, -0.25) is 15.1 Å². The third-order valence-corrected chi connectivity index (χ3v) is 4.58. The Morgan fingerprint density at radius 1 is 1.33 bits per heavy atom. The molecular formula is C17H27N3O. The third-order valence-electron chi connectivity index (χ3n) is 4.58. The maximum atomic E-state index is 11.5. The second-order valence-corrected chi connectivity index (χ2v) is 6.40. The molecule has 2 rings (SSSR count). The SMILES string of the molecule is CC(C(=O)NN)c1ccc(CN2CCCC2C(C)C)cc1. The molecule has 1 aromatic rings. The average molecular weight is 289 g/mol. The summed E-state index contributed by atoms with van der Waals surface area (Å²) in [4.78, 5) is 14.1. The zero-order chi connectivity index (χ0) is 15.4. The zero-order valence-electron chi connectivity index (χ0n) is 13.3. The summed E-state index contributed by atoms with van der Waals surface area (Å²) in [6.45, 7) is 8.67. The maximum absolute atomic E-state index is 11.5. The first kappa shape index (κ1) is 16.0. The molecule has 21 heavy (non-hydrogen) atoms. The quantitative estimate of drug-likeness (QED) is 0.497. The predicted molar refractivity (Wildman–Crippen MR) is 85.5 cm³/mol. The van der Waals surface area contributed by atoms with Crippen molar-refractivity contribution >= 4 is 5.91 Å². The number of carbonyl (C=O) groups excluding carboxylic acids is 1. The molecular weight excluding hydrogens is 262 g/mol. The molecule has 2 unspecified atom stereocenters. The van der Waals surface area contributed by atoms with Crippen LogP contribution in [0.3, 0.4) is 0 Å². The molecule has 4 heteroatoms. The van der Waals surface area contributed by atoms with Crippen molar-refractivity contribution in [3.05, 3.63) is 35.4 Å². The van der Waals surface area contributed by atoms with Crippen LogP contribution in [0.15, 0.2) is 24.3 Å². The van der Waals surface area contributed by atoms with Crippen LogP contribution >= 0.6 is 0 Å². The van der Waals surface area contributed by atoms with Crippen molar-refractivity contribution in [3.63, 3.8) is 0 Å². The molecule has 1 aliphatic rings. The summed E-state index contributed by atoms with van der Waals surface area (Å²) in [7, 11) is 0. The molecule has 0 saturated carbocycles. The lowest BCUT2D eigenvalue weighted by atomic mass is 9.98. The Balaban J connectivity index is 2.01. The number of likely N-dealkylation sites (tertiary alicyclic amines) is 1. The summed E-state index contributed by atoms with van der Waals surface area (Å²) in [6, 6.07) is 9.04. The lowest BCUT2D eigenvalue weighted by Crippen LogP contribution is -2.33. The van der Waals surface area contributed by atoms with E-state index in [0.717, 1.165) is 12.1 Å². The average Bonchev–Trinajstić information content (AvgIpc) is 2.95. The fraction of sp³-hybridized carbons (Fsp3) is 0.588. The molecule has 0 radical (unpaired) electrons. The van der Waals surface area contributed by atoms with Crippen LogP contribution in [0, 0.1) is 5.92 Å². The van der Waals surface area contributed by atoms with Gasteiger partial charge in [0.2, 0.25) is 5.91 Å². The van der Waals surface area contributed by atoms with Gasteiger partial charge in [0.1, 0.15) is 0 Å². The summed E-state index contributed by atoms with van der Waals surface area (Å²) >= 11 is 0. The largest absolute Gasteiger partial charge is 0.296 e. The van der Waals surface area contributed by atoms with Gasteiger partial charge < -0.3 is 0 Å². The minimum Gasteiger partial charge on any atom is -0.296 e. The first-order valence-corrected chi connectivity index (χ1v) is 7.86. The van der Waals surface area contributed by atoms with Crippen molar-refractivity contribution in [1.82, 2.24) is 10.3 Å². The van der Waals surface area contributed by atoms with E-state index in [1.54, 1.807) is 0 Å². The van der Waals surface area contributed by atoms with E-state index in [1.807, 2.05) is 19.1 Å². The van der Waals surface area contributed by atoms with Gasteiger partial charge >= 0.3 is 0 Å². The molecule has 1 aromatic carbocycles. The van der Waals surface area contributed by atoms with E-state index < -0.39 is 0 Å². The summed E-state index contributed by atoms with van der Waals surface area (Å²) < 4.78 is 0. The van der Waals surface area contributed by atoms with Gasteiger partial charge in [-0.2, -0.15) is 0 Å². The Labute approximate surface area is 127 Å². The molecule has 0 spiro atoms. The Kier molecular flexibility index (Phi) is 5.37. The minimum absolute atomic E-state index is 0.151. The number of nitrogens with two attached hydrogens (primary N) is 1. The molecule has 1 heterocycles. The standard InChI is InChI=1S/C17H27N3O/c1-12(2)16-5-4-10-20(16)11-14-6-8-15(9-7-14)13(3)17(21)19-18/h6-9,12-13,16H,4-5,10-11,18H2,1-3H3,(H,19,21). The van der Waals surface area contributed by atoms with Gasteiger partial charge in [-0.1, -0.05) is 38.1 Å². The lowest BCUT2D eigenvalue weighted by Gasteiger charge is -2.27. The molecule has 1 aliphatic heterocycles. The van der Waals surface area contributed by atoms with Crippen LogP contribution in [-0.2, 0) is 11.3 Å². The van der Waals surface area contributed by atoms with Crippen LogP contribution < -0.4 is 11.3 Å². The molecule has 3 N–H and O–H groups in total. The molecule has 1 saturated heterocycles. The van der Waals surface area contributed by atoms with Crippen LogP contribution in [0.2, 0.25) is 0 Å². The van der Waals surface area contributed by atoms with E-state index in [4.69, 9.17) is 5.84 Å². The normalized spacial score (nSPS) is 20.7. The van der Waals surface area contributed by atoms with Crippen LogP contribution in [0.1, 0.15) is 50.7 Å². The Hall–Kier alpha value is -1.39. The van der Waals surface area contributed by atoms with Crippen LogP contribution in [0.5, 0.6) is 0 Å². The predicted octanol–water partition coefficient (Wildman–Crippen LogP) is 2.40. The van der Waals surface area contributed by atoms with Crippen molar-refractivity contribution in [2.24, 2.45) is 11.8 Å². The number of benzene rings is 1. The van der Waals surface area contributed by atoms with Crippen molar-refractivity contribution in [1.29, 1.82) is 0 Å². The zero-order valence-corrected chi connectivity index (χ0v) is 13.3. The summed E-state index contributed by atoms with van der Waals surface area (Å²) in [5.74, 6) is 5.54. The first-order chi connectivity index (χ1) is 10.0. The van der Waals surface area contributed by atoms with Gasteiger partial charge in [0.25, 0.3) is 0 Å². The van der Waals surface area contributed by atoms with Gasteiger partial charge in [-0.05, 0) is 43.4 Å². The van der Waals surface area contributed by atoms with Gasteiger partial charge in [0.15, 0.2) is 0 Å². The fourth-order valence-corrected chi connectivity index (χ4v) is 3.23. The lowest BCUT2D eigenvalue weighted by molar-refractivity contribution is -0.122.